The molecule has 114 valence electrons. The SMILES string of the molecule is CCCn1ncnc1CNc1cc(C(F)(F)F)ccc1Br. The van der Waals surface area contributed by atoms with E-state index in [1.807, 2.05) is 6.92 Å². The first kappa shape index (κ1) is 15.8. The molecular weight excluding hydrogens is 349 g/mol. The number of benzene rings is 1. The summed E-state index contributed by atoms with van der Waals surface area (Å²) < 4.78 is 40.4. The lowest BCUT2D eigenvalue weighted by atomic mass is 10.2. The van der Waals surface area contributed by atoms with Crippen LogP contribution in [0, 0.1) is 0 Å². The fourth-order valence-electron chi connectivity index (χ4n) is 1.83. The molecule has 2 rings (SSSR count). The minimum absolute atomic E-state index is 0.305. The molecule has 2 aromatic rings. The van der Waals surface area contributed by atoms with Crippen LogP contribution in [0.1, 0.15) is 24.7 Å². The third kappa shape index (κ3) is 3.96. The number of alkyl halides is 3. The summed E-state index contributed by atoms with van der Waals surface area (Å²) in [6.07, 6.45) is -2.02. The third-order valence-corrected chi connectivity index (χ3v) is 3.55. The van der Waals surface area contributed by atoms with Gasteiger partial charge in [-0.3, -0.25) is 0 Å². The van der Waals surface area contributed by atoms with Crippen LogP contribution in [0.2, 0.25) is 0 Å². The molecule has 0 atom stereocenters. The summed E-state index contributed by atoms with van der Waals surface area (Å²) in [7, 11) is 0. The van der Waals surface area contributed by atoms with Crippen molar-refractivity contribution in [3.05, 3.63) is 40.4 Å². The first-order valence-corrected chi connectivity index (χ1v) is 7.18. The van der Waals surface area contributed by atoms with E-state index in [2.05, 4.69) is 31.3 Å². The predicted molar refractivity (Wildman–Crippen MR) is 76.8 cm³/mol. The van der Waals surface area contributed by atoms with Gasteiger partial charge in [-0.05, 0) is 40.5 Å². The van der Waals surface area contributed by atoms with Gasteiger partial charge in [-0.2, -0.15) is 18.3 Å². The van der Waals surface area contributed by atoms with Gasteiger partial charge >= 0.3 is 6.18 Å². The van der Waals surface area contributed by atoms with E-state index in [0.717, 1.165) is 25.1 Å². The Hall–Kier alpha value is -1.57. The van der Waals surface area contributed by atoms with Crippen LogP contribution in [0.4, 0.5) is 18.9 Å². The molecule has 0 radical (unpaired) electrons. The lowest BCUT2D eigenvalue weighted by Gasteiger charge is -2.12. The molecule has 8 heteroatoms. The van der Waals surface area contributed by atoms with Crippen molar-refractivity contribution in [2.75, 3.05) is 5.32 Å². The molecule has 0 aliphatic rings. The third-order valence-electron chi connectivity index (χ3n) is 2.86. The van der Waals surface area contributed by atoms with E-state index in [0.29, 0.717) is 22.5 Å². The largest absolute Gasteiger partial charge is 0.416 e. The van der Waals surface area contributed by atoms with Crippen molar-refractivity contribution in [3.63, 3.8) is 0 Å². The molecule has 1 heterocycles. The number of anilines is 1. The highest BCUT2D eigenvalue weighted by molar-refractivity contribution is 9.10. The lowest BCUT2D eigenvalue weighted by Crippen LogP contribution is -2.11. The highest BCUT2D eigenvalue weighted by atomic mass is 79.9. The molecule has 1 aromatic heterocycles. The number of nitrogens with one attached hydrogen (secondary N) is 1. The minimum Gasteiger partial charge on any atom is -0.377 e. The maximum absolute atomic E-state index is 12.7. The number of aromatic nitrogens is 3. The Bertz CT molecular complexity index is 610. The number of nitrogens with zero attached hydrogens (tertiary/aromatic N) is 3. The van der Waals surface area contributed by atoms with Crippen LogP contribution in [-0.2, 0) is 19.3 Å². The summed E-state index contributed by atoms with van der Waals surface area (Å²) in [5.74, 6) is 0.682. The van der Waals surface area contributed by atoms with Gasteiger partial charge in [-0.25, -0.2) is 9.67 Å². The number of rotatable bonds is 5. The van der Waals surface area contributed by atoms with Gasteiger partial charge in [0.1, 0.15) is 12.2 Å². The van der Waals surface area contributed by atoms with Gasteiger partial charge in [0.15, 0.2) is 0 Å². The molecule has 0 amide bonds. The number of halogens is 4. The van der Waals surface area contributed by atoms with Gasteiger partial charge < -0.3 is 5.32 Å². The van der Waals surface area contributed by atoms with Crippen molar-refractivity contribution in [3.8, 4) is 0 Å². The van der Waals surface area contributed by atoms with Crippen LogP contribution >= 0.6 is 15.9 Å². The van der Waals surface area contributed by atoms with Crippen LogP contribution in [0.3, 0.4) is 0 Å². The molecule has 1 N–H and O–H groups in total. The van der Waals surface area contributed by atoms with Crippen molar-refractivity contribution in [1.82, 2.24) is 14.8 Å². The van der Waals surface area contributed by atoms with Gasteiger partial charge in [-0.1, -0.05) is 6.92 Å². The van der Waals surface area contributed by atoms with Crippen molar-refractivity contribution in [2.24, 2.45) is 0 Å². The van der Waals surface area contributed by atoms with E-state index < -0.39 is 11.7 Å². The Morgan fingerprint density at radius 3 is 2.76 bits per heavy atom. The first-order chi connectivity index (χ1) is 9.91. The molecule has 1 aromatic carbocycles. The number of aryl methyl sites for hydroxylation is 1. The average Bonchev–Trinajstić information content (AvgIpc) is 2.84. The Kier molecular flexibility index (Phi) is 4.87. The van der Waals surface area contributed by atoms with Crippen LogP contribution in [0.25, 0.3) is 0 Å². The quantitative estimate of drug-likeness (QED) is 0.871. The van der Waals surface area contributed by atoms with Gasteiger partial charge in [0.25, 0.3) is 0 Å². The monoisotopic (exact) mass is 362 g/mol. The summed E-state index contributed by atoms with van der Waals surface area (Å²) in [5.41, 5.74) is -0.320. The second-order valence-corrected chi connectivity index (χ2v) is 5.30. The van der Waals surface area contributed by atoms with E-state index in [1.165, 1.54) is 12.4 Å². The molecule has 0 aliphatic carbocycles. The molecule has 0 unspecified atom stereocenters. The van der Waals surface area contributed by atoms with Crippen molar-refractivity contribution < 1.29 is 13.2 Å². The molecule has 0 bridgehead atoms. The highest BCUT2D eigenvalue weighted by Gasteiger charge is 2.30. The number of hydrogen-bond donors (Lipinski definition) is 1. The summed E-state index contributed by atoms with van der Waals surface area (Å²) in [6, 6.07) is 3.49. The van der Waals surface area contributed by atoms with Crippen molar-refractivity contribution >= 4 is 21.6 Å². The smallest absolute Gasteiger partial charge is 0.377 e. The maximum atomic E-state index is 12.7. The van der Waals surface area contributed by atoms with E-state index in [1.54, 1.807) is 4.68 Å². The van der Waals surface area contributed by atoms with E-state index in [9.17, 15) is 13.2 Å². The second kappa shape index (κ2) is 6.46. The highest BCUT2D eigenvalue weighted by Crippen LogP contribution is 2.34. The zero-order valence-corrected chi connectivity index (χ0v) is 12.9. The molecule has 21 heavy (non-hydrogen) atoms. The molecular formula is C13H14BrF3N4. The van der Waals surface area contributed by atoms with E-state index in [4.69, 9.17) is 0 Å². The average molecular weight is 363 g/mol. The van der Waals surface area contributed by atoms with E-state index in [-0.39, 0.29) is 0 Å². The van der Waals surface area contributed by atoms with Crippen LogP contribution in [0.15, 0.2) is 29.0 Å². The van der Waals surface area contributed by atoms with Gasteiger partial charge in [0.05, 0.1) is 12.1 Å². The van der Waals surface area contributed by atoms with Gasteiger partial charge in [0.2, 0.25) is 0 Å². The zero-order valence-electron chi connectivity index (χ0n) is 11.3. The molecule has 0 saturated heterocycles. The molecule has 0 saturated carbocycles. The Labute approximate surface area is 128 Å². The fraction of sp³-hybridized carbons (Fsp3) is 0.385. The van der Waals surface area contributed by atoms with E-state index >= 15 is 0 Å². The molecule has 4 nitrogen and oxygen atoms in total. The van der Waals surface area contributed by atoms with Crippen LogP contribution < -0.4 is 5.32 Å². The second-order valence-electron chi connectivity index (χ2n) is 4.45. The summed E-state index contributed by atoms with van der Waals surface area (Å²) in [6.45, 7) is 3.04. The maximum Gasteiger partial charge on any atom is 0.416 e. The Balaban J connectivity index is 2.14. The topological polar surface area (TPSA) is 42.7 Å². The standard InChI is InChI=1S/C13H14BrF3N4/c1-2-5-21-12(19-8-20-21)7-18-11-6-9(13(15,16)17)3-4-10(11)14/h3-4,6,8,18H,2,5,7H2,1H3. The molecule has 0 spiro atoms. The normalized spacial score (nSPS) is 11.7. The predicted octanol–water partition coefficient (Wildman–Crippen LogP) is 4.08. The fourth-order valence-corrected chi connectivity index (χ4v) is 2.22. The number of hydrogen-bond acceptors (Lipinski definition) is 3. The van der Waals surface area contributed by atoms with Crippen LogP contribution in [-0.4, -0.2) is 14.8 Å². The minimum atomic E-state index is -4.36. The molecule has 0 aliphatic heterocycles. The van der Waals surface area contributed by atoms with Crippen LogP contribution in [0.5, 0.6) is 0 Å². The Morgan fingerprint density at radius 1 is 1.33 bits per heavy atom. The zero-order chi connectivity index (χ0) is 15.5. The van der Waals surface area contributed by atoms with Gasteiger partial charge in [0, 0.05) is 16.7 Å². The summed E-state index contributed by atoms with van der Waals surface area (Å²) in [5, 5.41) is 7.03. The van der Waals surface area contributed by atoms with Crippen molar-refractivity contribution in [1.29, 1.82) is 0 Å². The summed E-state index contributed by atoms with van der Waals surface area (Å²) >= 11 is 3.24. The molecule has 0 fully saturated rings. The Morgan fingerprint density at radius 2 is 2.10 bits per heavy atom. The van der Waals surface area contributed by atoms with Gasteiger partial charge in [-0.15, -0.1) is 0 Å². The first-order valence-electron chi connectivity index (χ1n) is 6.39. The summed E-state index contributed by atoms with van der Waals surface area (Å²) in [4.78, 5) is 4.10. The van der Waals surface area contributed by atoms with Crippen molar-refractivity contribution in [2.45, 2.75) is 32.6 Å². The lowest BCUT2D eigenvalue weighted by molar-refractivity contribution is -0.137.